The number of carboxylic acid groups (broad SMARTS) is 1. The number of aliphatic carboxylic acids is 1. The van der Waals surface area contributed by atoms with E-state index in [0.29, 0.717) is 0 Å². The molecule has 15 heavy (non-hydrogen) atoms. The maximum absolute atomic E-state index is 12.5. The topological polar surface area (TPSA) is 50.2 Å². The molecule has 0 saturated heterocycles. The Balaban J connectivity index is 3.21. The molecule has 0 atom stereocenters. The highest BCUT2D eigenvalue weighted by atomic mass is 79.9. The Hall–Kier alpha value is -0.750. The molecule has 1 heterocycles. The monoisotopic (exact) mass is 299 g/mol. The minimum atomic E-state index is -2.79. The van der Waals surface area contributed by atoms with Crippen LogP contribution in [0.4, 0.5) is 8.78 Å². The Morgan fingerprint density at radius 1 is 1.67 bits per heavy atom. The second-order valence-corrected chi connectivity index (χ2v) is 3.83. The Morgan fingerprint density at radius 3 is 2.73 bits per heavy atom. The highest BCUT2D eigenvalue weighted by Crippen LogP contribution is 2.29. The molecule has 0 aliphatic carbocycles. The Bertz CT molecular complexity index is 400. The van der Waals surface area contributed by atoms with Gasteiger partial charge >= 0.3 is 5.97 Å². The first-order valence-corrected chi connectivity index (χ1v) is 4.93. The van der Waals surface area contributed by atoms with Gasteiger partial charge in [0.1, 0.15) is 4.60 Å². The summed E-state index contributed by atoms with van der Waals surface area (Å²) in [5.74, 6) is -1.22. The highest BCUT2D eigenvalue weighted by Gasteiger charge is 2.18. The number of nitrogens with zero attached hydrogens (tertiary/aromatic N) is 1. The van der Waals surface area contributed by atoms with Crippen LogP contribution in [0.15, 0.2) is 10.7 Å². The second-order valence-electron chi connectivity index (χ2n) is 2.67. The Morgan fingerprint density at radius 2 is 2.27 bits per heavy atom. The molecule has 0 unspecified atom stereocenters. The van der Waals surface area contributed by atoms with Crippen molar-refractivity contribution in [1.29, 1.82) is 0 Å². The van der Waals surface area contributed by atoms with E-state index in [1.807, 2.05) is 0 Å². The largest absolute Gasteiger partial charge is 0.481 e. The van der Waals surface area contributed by atoms with Crippen molar-refractivity contribution in [1.82, 2.24) is 4.98 Å². The third kappa shape index (κ3) is 3.10. The van der Waals surface area contributed by atoms with Crippen molar-refractivity contribution < 1.29 is 18.7 Å². The van der Waals surface area contributed by atoms with E-state index in [9.17, 15) is 13.6 Å². The van der Waals surface area contributed by atoms with Crippen molar-refractivity contribution in [2.24, 2.45) is 0 Å². The van der Waals surface area contributed by atoms with Crippen LogP contribution in [0.1, 0.15) is 17.7 Å². The van der Waals surface area contributed by atoms with Crippen molar-refractivity contribution in [3.05, 3.63) is 26.9 Å². The van der Waals surface area contributed by atoms with Gasteiger partial charge in [-0.3, -0.25) is 4.79 Å². The van der Waals surface area contributed by atoms with Crippen molar-refractivity contribution in [3.8, 4) is 0 Å². The van der Waals surface area contributed by atoms with Gasteiger partial charge in [0.25, 0.3) is 6.43 Å². The molecule has 0 fully saturated rings. The molecule has 1 N–H and O–H groups in total. The summed E-state index contributed by atoms with van der Waals surface area (Å²) in [6.45, 7) is 0. The van der Waals surface area contributed by atoms with E-state index in [4.69, 9.17) is 16.7 Å². The van der Waals surface area contributed by atoms with Gasteiger partial charge in [-0.15, -0.1) is 0 Å². The number of carboxylic acids is 1. The van der Waals surface area contributed by atoms with Gasteiger partial charge < -0.3 is 5.11 Å². The minimum Gasteiger partial charge on any atom is -0.481 e. The molecule has 1 rings (SSSR count). The lowest BCUT2D eigenvalue weighted by molar-refractivity contribution is -0.136. The van der Waals surface area contributed by atoms with Crippen LogP contribution in [-0.2, 0) is 11.2 Å². The molecule has 0 spiro atoms. The first kappa shape index (κ1) is 12.3. The van der Waals surface area contributed by atoms with E-state index in [1.54, 1.807) is 0 Å². The molecule has 0 aliphatic heterocycles. The first-order valence-electron chi connectivity index (χ1n) is 3.76. The zero-order chi connectivity index (χ0) is 11.6. The smallest absolute Gasteiger partial charge is 0.309 e. The maximum Gasteiger partial charge on any atom is 0.309 e. The Kier molecular flexibility index (Phi) is 3.98. The van der Waals surface area contributed by atoms with Gasteiger partial charge in [0.05, 0.1) is 17.1 Å². The van der Waals surface area contributed by atoms with Crippen molar-refractivity contribution in [2.45, 2.75) is 12.8 Å². The predicted octanol–water partition coefficient (Wildman–Crippen LogP) is 3.06. The van der Waals surface area contributed by atoms with Crippen LogP contribution in [0.25, 0.3) is 0 Å². The van der Waals surface area contributed by atoms with Gasteiger partial charge in [-0.2, -0.15) is 0 Å². The van der Waals surface area contributed by atoms with Crippen molar-refractivity contribution in [3.63, 3.8) is 0 Å². The summed E-state index contributed by atoms with van der Waals surface area (Å²) in [4.78, 5) is 14.1. The summed E-state index contributed by atoms with van der Waals surface area (Å²) >= 11 is 8.51. The lowest BCUT2D eigenvalue weighted by atomic mass is 10.1. The van der Waals surface area contributed by atoms with E-state index < -0.39 is 24.4 Å². The molecule has 0 bridgehead atoms. The highest BCUT2D eigenvalue weighted by molar-refractivity contribution is 9.10. The van der Waals surface area contributed by atoms with Gasteiger partial charge in [-0.05, 0) is 22.0 Å². The molecule has 3 nitrogen and oxygen atoms in total. The van der Waals surface area contributed by atoms with Crippen LogP contribution in [-0.4, -0.2) is 16.1 Å². The number of halogens is 4. The fraction of sp³-hybridized carbons (Fsp3) is 0.250. The molecule has 0 aromatic carbocycles. The van der Waals surface area contributed by atoms with Gasteiger partial charge in [0.15, 0.2) is 0 Å². The van der Waals surface area contributed by atoms with Crippen molar-refractivity contribution >= 4 is 33.5 Å². The number of aromatic nitrogens is 1. The number of hydrogen-bond acceptors (Lipinski definition) is 2. The molecular weight excluding hydrogens is 295 g/mol. The average Bonchev–Trinajstić information content (AvgIpc) is 2.09. The number of carbonyl (C=O) groups is 1. The summed E-state index contributed by atoms with van der Waals surface area (Å²) in [7, 11) is 0. The van der Waals surface area contributed by atoms with Crippen LogP contribution in [0.3, 0.4) is 0 Å². The van der Waals surface area contributed by atoms with E-state index in [1.165, 1.54) is 0 Å². The summed E-state index contributed by atoms with van der Waals surface area (Å²) in [5, 5.41) is 8.53. The van der Waals surface area contributed by atoms with Crippen LogP contribution in [0, 0.1) is 0 Å². The summed E-state index contributed by atoms with van der Waals surface area (Å²) in [6.07, 6.45) is -3.35. The lowest BCUT2D eigenvalue weighted by Gasteiger charge is -2.07. The summed E-state index contributed by atoms with van der Waals surface area (Å²) in [5.41, 5.74) is -0.639. The second kappa shape index (κ2) is 4.85. The molecule has 0 saturated carbocycles. The lowest BCUT2D eigenvalue weighted by Crippen LogP contribution is -2.07. The van der Waals surface area contributed by atoms with Crippen LogP contribution in [0.5, 0.6) is 0 Å². The predicted molar refractivity (Wildman–Crippen MR) is 53.2 cm³/mol. The Labute approximate surface area is 97.2 Å². The molecule has 0 radical (unpaired) electrons. The minimum absolute atomic E-state index is 0.0273. The van der Waals surface area contributed by atoms with E-state index in [0.717, 1.165) is 6.07 Å². The molecule has 0 amide bonds. The maximum atomic E-state index is 12.5. The van der Waals surface area contributed by atoms with Crippen molar-refractivity contribution in [2.75, 3.05) is 0 Å². The zero-order valence-corrected chi connectivity index (χ0v) is 9.52. The fourth-order valence-corrected chi connectivity index (χ4v) is 1.48. The normalized spacial score (nSPS) is 10.7. The third-order valence-electron chi connectivity index (χ3n) is 1.60. The van der Waals surface area contributed by atoms with E-state index in [-0.39, 0.29) is 15.3 Å². The van der Waals surface area contributed by atoms with E-state index >= 15 is 0 Å². The summed E-state index contributed by atoms with van der Waals surface area (Å²) < 4.78 is 25.1. The molecular formula is C8H5BrClF2NO2. The van der Waals surface area contributed by atoms with Crippen LogP contribution in [0.2, 0.25) is 5.02 Å². The quantitative estimate of drug-likeness (QED) is 0.873. The van der Waals surface area contributed by atoms with Gasteiger partial charge in [0.2, 0.25) is 0 Å². The molecule has 1 aromatic rings. The molecule has 0 aliphatic rings. The van der Waals surface area contributed by atoms with Crippen LogP contribution < -0.4 is 0 Å². The zero-order valence-electron chi connectivity index (χ0n) is 7.18. The van der Waals surface area contributed by atoms with Gasteiger partial charge in [-0.25, -0.2) is 13.8 Å². The third-order valence-corrected chi connectivity index (χ3v) is 2.72. The number of pyridine rings is 1. The first-order chi connectivity index (χ1) is 6.91. The van der Waals surface area contributed by atoms with Gasteiger partial charge in [-0.1, -0.05) is 11.6 Å². The standard InChI is InChI=1S/C8H5BrClF2NO2/c9-7-4(10)1-3(8(11)12)5(13-7)2-6(14)15/h1,8H,2H2,(H,14,15). The molecule has 1 aromatic heterocycles. The number of alkyl halides is 2. The van der Waals surface area contributed by atoms with Crippen LogP contribution >= 0.6 is 27.5 Å². The van der Waals surface area contributed by atoms with Gasteiger partial charge in [0, 0.05) is 5.56 Å². The van der Waals surface area contributed by atoms with E-state index in [2.05, 4.69) is 20.9 Å². The number of rotatable bonds is 3. The fourth-order valence-electron chi connectivity index (χ4n) is 0.990. The number of hydrogen-bond donors (Lipinski definition) is 1. The average molecular weight is 300 g/mol. The molecule has 7 heteroatoms. The summed E-state index contributed by atoms with van der Waals surface area (Å²) in [6, 6.07) is 1.02. The SMILES string of the molecule is O=C(O)Cc1nc(Br)c(Cl)cc1C(F)F. The molecule has 82 valence electrons.